The molecule has 0 aliphatic heterocycles. The lowest BCUT2D eigenvalue weighted by molar-refractivity contribution is 0.482. The molecular formula is C12H10N4OS. The van der Waals surface area contributed by atoms with Gasteiger partial charge < -0.3 is 10.5 Å². The van der Waals surface area contributed by atoms with Gasteiger partial charge in [0.25, 0.3) is 5.19 Å². The van der Waals surface area contributed by atoms with Crippen LogP contribution in [0.2, 0.25) is 0 Å². The van der Waals surface area contributed by atoms with Crippen LogP contribution in [0.5, 0.6) is 10.9 Å². The zero-order valence-electron chi connectivity index (χ0n) is 9.62. The largest absolute Gasteiger partial charge is 0.428 e. The Morgan fingerprint density at radius 3 is 2.94 bits per heavy atom. The molecule has 2 heterocycles. The molecule has 1 aromatic carbocycles. The van der Waals surface area contributed by atoms with Crippen molar-refractivity contribution in [1.82, 2.24) is 14.3 Å². The minimum Gasteiger partial charge on any atom is -0.428 e. The highest BCUT2D eigenvalue weighted by Crippen LogP contribution is 2.31. The lowest BCUT2D eigenvalue weighted by atomic mass is 10.2. The van der Waals surface area contributed by atoms with Crippen LogP contribution in [0.15, 0.2) is 30.5 Å². The Morgan fingerprint density at radius 1 is 1.28 bits per heavy atom. The molecule has 0 saturated carbocycles. The zero-order chi connectivity index (χ0) is 12.5. The molecule has 2 N–H and O–H groups in total. The summed E-state index contributed by atoms with van der Waals surface area (Å²) in [4.78, 5) is 8.46. The van der Waals surface area contributed by atoms with E-state index in [0.717, 1.165) is 10.9 Å². The predicted octanol–water partition coefficient (Wildman–Crippen LogP) is 2.77. The van der Waals surface area contributed by atoms with Gasteiger partial charge in [-0.1, -0.05) is 0 Å². The average molecular weight is 258 g/mol. The lowest BCUT2D eigenvalue weighted by Gasteiger charge is -2.06. The van der Waals surface area contributed by atoms with Gasteiger partial charge in [0.05, 0.1) is 0 Å². The maximum atomic E-state index is 5.90. The number of benzene rings is 1. The van der Waals surface area contributed by atoms with Crippen LogP contribution >= 0.6 is 11.5 Å². The van der Waals surface area contributed by atoms with Gasteiger partial charge in [0.1, 0.15) is 11.3 Å². The van der Waals surface area contributed by atoms with Gasteiger partial charge in [-0.15, -0.1) is 0 Å². The molecule has 3 aromatic rings. The molecule has 5 nitrogen and oxygen atoms in total. The Labute approximate surface area is 107 Å². The van der Waals surface area contributed by atoms with Gasteiger partial charge in [-0.05, 0) is 31.2 Å². The number of hydrogen-bond donors (Lipinski definition) is 1. The van der Waals surface area contributed by atoms with Crippen LogP contribution in [-0.2, 0) is 0 Å². The molecule has 0 saturated heterocycles. The number of nitrogen functional groups attached to an aromatic ring is 1. The normalized spacial score (nSPS) is 10.7. The summed E-state index contributed by atoms with van der Waals surface area (Å²) in [6, 6.07) is 7.35. The van der Waals surface area contributed by atoms with E-state index < -0.39 is 0 Å². The van der Waals surface area contributed by atoms with Gasteiger partial charge in [-0.3, -0.25) is 4.98 Å². The molecule has 6 heteroatoms. The van der Waals surface area contributed by atoms with Gasteiger partial charge in [-0.25, -0.2) is 0 Å². The molecule has 0 radical (unpaired) electrons. The van der Waals surface area contributed by atoms with Crippen molar-refractivity contribution in [2.75, 3.05) is 5.73 Å². The van der Waals surface area contributed by atoms with Gasteiger partial charge in [0.15, 0.2) is 5.75 Å². The third-order valence-corrected chi connectivity index (χ3v) is 3.16. The van der Waals surface area contributed by atoms with E-state index in [1.807, 2.05) is 19.1 Å². The number of rotatable bonds is 2. The molecule has 0 amide bonds. The summed E-state index contributed by atoms with van der Waals surface area (Å²) in [5.74, 6) is 1.33. The van der Waals surface area contributed by atoms with Crippen LogP contribution in [0.4, 0.5) is 5.69 Å². The molecule has 0 bridgehead atoms. The number of ether oxygens (including phenoxy) is 1. The van der Waals surface area contributed by atoms with Gasteiger partial charge >= 0.3 is 0 Å². The van der Waals surface area contributed by atoms with Crippen molar-refractivity contribution in [3.63, 3.8) is 0 Å². The van der Waals surface area contributed by atoms with Crippen LogP contribution in [-0.4, -0.2) is 14.3 Å². The number of nitrogens with zero attached hydrogens (tertiary/aromatic N) is 3. The third kappa shape index (κ3) is 1.86. The molecule has 0 unspecified atom stereocenters. The van der Waals surface area contributed by atoms with E-state index in [9.17, 15) is 0 Å². The number of aryl methyl sites for hydroxylation is 1. The average Bonchev–Trinajstić information content (AvgIpc) is 2.79. The summed E-state index contributed by atoms with van der Waals surface area (Å²) in [5, 5.41) is 1.38. The van der Waals surface area contributed by atoms with Crippen molar-refractivity contribution in [3.05, 3.63) is 36.3 Å². The van der Waals surface area contributed by atoms with E-state index >= 15 is 0 Å². The van der Waals surface area contributed by atoms with Gasteiger partial charge in [0.2, 0.25) is 0 Å². The fourth-order valence-electron chi connectivity index (χ4n) is 1.66. The number of aromatic nitrogens is 3. The maximum absolute atomic E-state index is 5.90. The predicted molar refractivity (Wildman–Crippen MR) is 70.9 cm³/mol. The topological polar surface area (TPSA) is 73.9 Å². The number of pyridine rings is 1. The minimum atomic E-state index is 0.504. The van der Waals surface area contributed by atoms with Crippen molar-refractivity contribution in [1.29, 1.82) is 0 Å². The van der Waals surface area contributed by atoms with Crippen LogP contribution < -0.4 is 10.5 Å². The van der Waals surface area contributed by atoms with Crippen molar-refractivity contribution in [2.45, 2.75) is 6.92 Å². The fourth-order valence-corrected chi connectivity index (χ4v) is 2.22. The summed E-state index contributed by atoms with van der Waals surface area (Å²) in [6.07, 6.45) is 1.71. The number of nitrogens with two attached hydrogens (primary N) is 1. The number of anilines is 1. The van der Waals surface area contributed by atoms with E-state index in [-0.39, 0.29) is 0 Å². The van der Waals surface area contributed by atoms with Crippen molar-refractivity contribution in [2.24, 2.45) is 0 Å². The minimum absolute atomic E-state index is 0.504. The summed E-state index contributed by atoms with van der Waals surface area (Å²) in [7, 11) is 0. The van der Waals surface area contributed by atoms with Gasteiger partial charge in [-0.2, -0.15) is 9.36 Å². The van der Waals surface area contributed by atoms with E-state index in [1.165, 1.54) is 11.5 Å². The molecule has 0 aliphatic rings. The van der Waals surface area contributed by atoms with Crippen molar-refractivity contribution < 1.29 is 4.74 Å². The number of fused-ring (bicyclic) bond motifs is 1. The quantitative estimate of drug-likeness (QED) is 0.715. The second-order valence-corrected chi connectivity index (χ2v) is 4.48. The first-order valence-corrected chi connectivity index (χ1v) is 6.13. The van der Waals surface area contributed by atoms with E-state index in [2.05, 4.69) is 14.3 Å². The SMILES string of the molecule is Cc1nsc(Oc2ccc(N)c3cccnc23)n1. The highest BCUT2D eigenvalue weighted by molar-refractivity contribution is 7.07. The fraction of sp³-hybridized carbons (Fsp3) is 0.0833. The van der Waals surface area contributed by atoms with E-state index in [0.29, 0.717) is 22.5 Å². The molecule has 90 valence electrons. The standard InChI is InChI=1S/C12H10N4OS/c1-7-15-12(18-16-7)17-10-5-4-9(13)8-3-2-6-14-11(8)10/h2-6H,13H2,1H3. The molecule has 0 aliphatic carbocycles. The molecule has 0 spiro atoms. The summed E-state index contributed by atoms with van der Waals surface area (Å²) < 4.78 is 9.77. The smallest absolute Gasteiger partial charge is 0.298 e. The Hall–Kier alpha value is -2.21. The zero-order valence-corrected chi connectivity index (χ0v) is 10.4. The number of hydrogen-bond acceptors (Lipinski definition) is 6. The second-order valence-electron chi connectivity index (χ2n) is 3.76. The Balaban J connectivity index is 2.09. The monoisotopic (exact) mass is 258 g/mol. The maximum Gasteiger partial charge on any atom is 0.298 e. The third-order valence-electron chi connectivity index (χ3n) is 2.47. The van der Waals surface area contributed by atoms with Crippen LogP contribution in [0.1, 0.15) is 5.82 Å². The first kappa shape index (κ1) is 10.9. The van der Waals surface area contributed by atoms with E-state index in [1.54, 1.807) is 18.3 Å². The summed E-state index contributed by atoms with van der Waals surface area (Å²) in [5.41, 5.74) is 7.31. The van der Waals surface area contributed by atoms with Crippen LogP contribution in [0.3, 0.4) is 0 Å². The van der Waals surface area contributed by atoms with Crippen molar-refractivity contribution >= 4 is 28.1 Å². The van der Waals surface area contributed by atoms with Crippen molar-refractivity contribution in [3.8, 4) is 10.9 Å². The van der Waals surface area contributed by atoms with Crippen LogP contribution in [0, 0.1) is 6.92 Å². The first-order chi connectivity index (χ1) is 8.74. The Bertz CT molecular complexity index is 710. The Morgan fingerprint density at radius 2 is 2.17 bits per heavy atom. The lowest BCUT2D eigenvalue weighted by Crippen LogP contribution is -1.92. The summed E-state index contributed by atoms with van der Waals surface area (Å²) in [6.45, 7) is 1.82. The molecule has 0 atom stereocenters. The highest BCUT2D eigenvalue weighted by Gasteiger charge is 2.09. The first-order valence-electron chi connectivity index (χ1n) is 5.35. The summed E-state index contributed by atoms with van der Waals surface area (Å²) >= 11 is 1.21. The Kier molecular flexibility index (Phi) is 2.56. The molecular weight excluding hydrogens is 248 g/mol. The van der Waals surface area contributed by atoms with E-state index in [4.69, 9.17) is 10.5 Å². The molecule has 2 aromatic heterocycles. The van der Waals surface area contributed by atoms with Gasteiger partial charge in [0, 0.05) is 28.8 Å². The van der Waals surface area contributed by atoms with Crippen LogP contribution in [0.25, 0.3) is 10.9 Å². The molecule has 0 fully saturated rings. The molecule has 18 heavy (non-hydrogen) atoms. The molecule has 3 rings (SSSR count). The second kappa shape index (κ2) is 4.23. The highest BCUT2D eigenvalue weighted by atomic mass is 32.1.